The number of carbonyl (C=O) groups excluding carboxylic acids is 2. The fourth-order valence-electron chi connectivity index (χ4n) is 2.74. The summed E-state index contributed by atoms with van der Waals surface area (Å²) in [5, 5.41) is 4.00. The number of fused-ring (bicyclic) bond motifs is 1. The number of aromatic amines is 1. The van der Waals surface area contributed by atoms with Crippen molar-refractivity contribution >= 4 is 22.7 Å². The Hall–Kier alpha value is -3.08. The van der Waals surface area contributed by atoms with Gasteiger partial charge in [0.15, 0.2) is 0 Å². The van der Waals surface area contributed by atoms with E-state index in [1.165, 1.54) is 4.90 Å². The molecule has 5 heteroatoms. The van der Waals surface area contributed by atoms with Crippen LogP contribution in [0.2, 0.25) is 0 Å². The van der Waals surface area contributed by atoms with Gasteiger partial charge in [0.05, 0.1) is 6.42 Å². The van der Waals surface area contributed by atoms with Gasteiger partial charge in [-0.05, 0) is 29.3 Å². The third kappa shape index (κ3) is 3.88. The van der Waals surface area contributed by atoms with Crippen molar-refractivity contribution in [2.24, 2.45) is 0 Å². The lowest BCUT2D eigenvalue weighted by Crippen LogP contribution is -2.24. The second-order valence-electron chi connectivity index (χ2n) is 6.21. The summed E-state index contributed by atoms with van der Waals surface area (Å²) in [6.45, 7) is 0.442. The largest absolute Gasteiger partial charge is 0.361 e. The topological polar surface area (TPSA) is 65.2 Å². The molecule has 2 amide bonds. The van der Waals surface area contributed by atoms with Gasteiger partial charge in [0.1, 0.15) is 0 Å². The van der Waals surface area contributed by atoms with E-state index < -0.39 is 0 Å². The smallest absolute Gasteiger partial charge is 0.253 e. The summed E-state index contributed by atoms with van der Waals surface area (Å²) < 4.78 is 0. The first-order valence-electron chi connectivity index (χ1n) is 8.17. The third-order valence-electron chi connectivity index (χ3n) is 4.12. The lowest BCUT2D eigenvalue weighted by atomic mass is 10.1. The Bertz CT molecular complexity index is 895. The summed E-state index contributed by atoms with van der Waals surface area (Å²) in [5.41, 5.74) is 3.62. The van der Waals surface area contributed by atoms with Crippen molar-refractivity contribution in [1.29, 1.82) is 0 Å². The van der Waals surface area contributed by atoms with Crippen molar-refractivity contribution < 1.29 is 9.59 Å². The van der Waals surface area contributed by atoms with E-state index in [4.69, 9.17) is 0 Å². The molecule has 0 saturated carbocycles. The Kier molecular flexibility index (Phi) is 4.84. The maximum absolute atomic E-state index is 12.2. The highest BCUT2D eigenvalue weighted by Crippen LogP contribution is 2.18. The SMILES string of the molecule is CN(C)C(=O)c1ccc(CNC(=O)Cc2c[nH]c3ccccc23)cc1. The van der Waals surface area contributed by atoms with E-state index in [1.54, 1.807) is 26.2 Å². The minimum Gasteiger partial charge on any atom is -0.361 e. The van der Waals surface area contributed by atoms with E-state index in [-0.39, 0.29) is 11.8 Å². The van der Waals surface area contributed by atoms with Crippen molar-refractivity contribution in [1.82, 2.24) is 15.2 Å². The summed E-state index contributed by atoms with van der Waals surface area (Å²) in [5.74, 6) is -0.0619. The number of amides is 2. The molecule has 0 aliphatic carbocycles. The van der Waals surface area contributed by atoms with Crippen LogP contribution in [0.25, 0.3) is 10.9 Å². The van der Waals surface area contributed by atoms with E-state index in [9.17, 15) is 9.59 Å². The number of H-pyrrole nitrogens is 1. The van der Waals surface area contributed by atoms with Gasteiger partial charge in [-0.2, -0.15) is 0 Å². The zero-order valence-electron chi connectivity index (χ0n) is 14.4. The van der Waals surface area contributed by atoms with Gasteiger partial charge in [0.25, 0.3) is 5.91 Å². The molecule has 0 aliphatic rings. The molecule has 2 N–H and O–H groups in total. The molecule has 0 radical (unpaired) electrons. The van der Waals surface area contributed by atoms with Gasteiger partial charge in [-0.3, -0.25) is 9.59 Å². The van der Waals surface area contributed by atoms with Gasteiger partial charge in [-0.15, -0.1) is 0 Å². The number of nitrogens with one attached hydrogen (secondary N) is 2. The molecule has 128 valence electrons. The predicted molar refractivity (Wildman–Crippen MR) is 98.3 cm³/mol. The fraction of sp³-hybridized carbons (Fsp3) is 0.200. The average Bonchev–Trinajstić information content (AvgIpc) is 3.03. The second kappa shape index (κ2) is 7.21. The van der Waals surface area contributed by atoms with Crippen LogP contribution >= 0.6 is 0 Å². The lowest BCUT2D eigenvalue weighted by molar-refractivity contribution is -0.120. The summed E-state index contributed by atoms with van der Waals surface area (Å²) in [7, 11) is 3.45. The highest BCUT2D eigenvalue weighted by Gasteiger charge is 2.09. The lowest BCUT2D eigenvalue weighted by Gasteiger charge is -2.11. The highest BCUT2D eigenvalue weighted by molar-refractivity contribution is 5.94. The third-order valence-corrected chi connectivity index (χ3v) is 4.12. The number of benzene rings is 2. The summed E-state index contributed by atoms with van der Waals surface area (Å²) >= 11 is 0. The molecule has 0 atom stereocenters. The monoisotopic (exact) mass is 335 g/mol. The second-order valence-corrected chi connectivity index (χ2v) is 6.21. The average molecular weight is 335 g/mol. The van der Waals surface area contributed by atoms with Crippen molar-refractivity contribution in [3.8, 4) is 0 Å². The molecule has 0 saturated heterocycles. The van der Waals surface area contributed by atoms with E-state index in [1.807, 2.05) is 42.6 Å². The van der Waals surface area contributed by atoms with Crippen molar-refractivity contribution in [2.75, 3.05) is 14.1 Å². The summed E-state index contributed by atoms with van der Waals surface area (Å²) in [4.78, 5) is 28.8. The molecule has 5 nitrogen and oxygen atoms in total. The number of carbonyl (C=O) groups is 2. The molecule has 0 unspecified atom stereocenters. The maximum atomic E-state index is 12.2. The van der Waals surface area contributed by atoms with Crippen LogP contribution in [0.3, 0.4) is 0 Å². The predicted octanol–water partition coefficient (Wildman–Crippen LogP) is 2.73. The first-order chi connectivity index (χ1) is 12.0. The van der Waals surface area contributed by atoms with E-state index in [0.717, 1.165) is 22.0 Å². The zero-order valence-corrected chi connectivity index (χ0v) is 14.4. The van der Waals surface area contributed by atoms with Gasteiger partial charge >= 0.3 is 0 Å². The van der Waals surface area contributed by atoms with Gasteiger partial charge in [0, 0.05) is 43.3 Å². The van der Waals surface area contributed by atoms with Crippen LogP contribution in [0.1, 0.15) is 21.5 Å². The first kappa shape index (κ1) is 16.8. The molecule has 3 aromatic rings. The number of aromatic nitrogens is 1. The number of rotatable bonds is 5. The minimum atomic E-state index is -0.0325. The Morgan fingerprint density at radius 1 is 1.04 bits per heavy atom. The number of para-hydroxylation sites is 1. The Labute approximate surface area is 146 Å². The quantitative estimate of drug-likeness (QED) is 0.753. The van der Waals surface area contributed by atoms with Gasteiger partial charge < -0.3 is 15.2 Å². The Morgan fingerprint density at radius 3 is 2.48 bits per heavy atom. The molecule has 1 aromatic heterocycles. The molecular formula is C20H21N3O2. The zero-order chi connectivity index (χ0) is 17.8. The molecule has 0 fully saturated rings. The normalized spacial score (nSPS) is 10.6. The molecule has 0 aliphatic heterocycles. The molecule has 0 spiro atoms. The molecule has 1 heterocycles. The van der Waals surface area contributed by atoms with Crippen LogP contribution < -0.4 is 5.32 Å². The summed E-state index contributed by atoms with van der Waals surface area (Å²) in [6, 6.07) is 15.2. The van der Waals surface area contributed by atoms with Crippen LogP contribution in [-0.2, 0) is 17.8 Å². The van der Waals surface area contributed by atoms with Gasteiger partial charge in [0.2, 0.25) is 5.91 Å². The van der Waals surface area contributed by atoms with Crippen molar-refractivity contribution in [3.63, 3.8) is 0 Å². The van der Waals surface area contributed by atoms with Crippen LogP contribution in [0.5, 0.6) is 0 Å². The Balaban J connectivity index is 1.58. The van der Waals surface area contributed by atoms with Crippen LogP contribution in [0, 0.1) is 0 Å². The summed E-state index contributed by atoms with van der Waals surface area (Å²) in [6.07, 6.45) is 2.22. The standard InChI is InChI=1S/C20H21N3O2/c1-23(2)20(25)15-9-7-14(8-10-15)12-22-19(24)11-16-13-21-18-6-4-3-5-17(16)18/h3-10,13,21H,11-12H2,1-2H3,(H,22,24). The molecule has 0 bridgehead atoms. The number of nitrogens with zero attached hydrogens (tertiary/aromatic N) is 1. The van der Waals surface area contributed by atoms with Gasteiger partial charge in [-0.25, -0.2) is 0 Å². The van der Waals surface area contributed by atoms with Crippen LogP contribution in [0.4, 0.5) is 0 Å². The van der Waals surface area contributed by atoms with Crippen LogP contribution in [0.15, 0.2) is 54.7 Å². The molecule has 25 heavy (non-hydrogen) atoms. The van der Waals surface area contributed by atoms with Gasteiger partial charge in [-0.1, -0.05) is 30.3 Å². The number of hydrogen-bond acceptors (Lipinski definition) is 2. The number of hydrogen-bond donors (Lipinski definition) is 2. The minimum absolute atomic E-state index is 0.0294. The maximum Gasteiger partial charge on any atom is 0.253 e. The van der Waals surface area contributed by atoms with Crippen LogP contribution in [-0.4, -0.2) is 35.8 Å². The first-order valence-corrected chi connectivity index (χ1v) is 8.17. The molecular weight excluding hydrogens is 314 g/mol. The van der Waals surface area contributed by atoms with E-state index in [0.29, 0.717) is 18.5 Å². The van der Waals surface area contributed by atoms with E-state index in [2.05, 4.69) is 10.3 Å². The molecule has 2 aromatic carbocycles. The Morgan fingerprint density at radius 2 is 1.76 bits per heavy atom. The highest BCUT2D eigenvalue weighted by atomic mass is 16.2. The van der Waals surface area contributed by atoms with E-state index >= 15 is 0 Å². The fourth-order valence-corrected chi connectivity index (χ4v) is 2.74. The van der Waals surface area contributed by atoms with Crippen molar-refractivity contribution in [3.05, 3.63) is 71.4 Å². The van der Waals surface area contributed by atoms with Crippen molar-refractivity contribution in [2.45, 2.75) is 13.0 Å². The molecule has 3 rings (SSSR count).